The third kappa shape index (κ3) is 4.42. The van der Waals surface area contributed by atoms with E-state index in [9.17, 15) is 13.2 Å². The molecular weight excluding hydrogens is 368 g/mol. The van der Waals surface area contributed by atoms with E-state index in [2.05, 4.69) is 0 Å². The Bertz CT molecular complexity index is 934. The normalized spacial score (nSPS) is 17.7. The molecule has 0 aromatic heterocycles. The molecule has 3 rings (SSSR count). The lowest BCUT2D eigenvalue weighted by molar-refractivity contribution is -0.165. The Morgan fingerprint density at radius 2 is 1.85 bits per heavy atom. The molecule has 7 heteroatoms. The van der Waals surface area contributed by atoms with E-state index in [0.29, 0.717) is 12.2 Å². The van der Waals surface area contributed by atoms with Gasteiger partial charge in [0.2, 0.25) is 0 Å². The second kappa shape index (κ2) is 7.23. The summed E-state index contributed by atoms with van der Waals surface area (Å²) in [5.74, 6) is 0.187. The van der Waals surface area contributed by atoms with E-state index in [4.69, 9.17) is 13.7 Å². The first-order chi connectivity index (χ1) is 12.7. The molecule has 1 atom stereocenters. The molecule has 0 fully saturated rings. The Kier molecular flexibility index (Phi) is 5.15. The van der Waals surface area contributed by atoms with E-state index in [-0.39, 0.29) is 11.5 Å². The minimum atomic E-state index is -3.75. The fourth-order valence-corrected chi connectivity index (χ4v) is 3.92. The fourth-order valence-electron chi connectivity index (χ4n) is 2.95. The van der Waals surface area contributed by atoms with Crippen molar-refractivity contribution in [2.75, 3.05) is 5.75 Å². The summed E-state index contributed by atoms with van der Waals surface area (Å²) in [6.07, 6.45) is -0.396. The zero-order valence-corrected chi connectivity index (χ0v) is 16.3. The Balaban J connectivity index is 1.73. The zero-order valence-electron chi connectivity index (χ0n) is 15.5. The highest BCUT2D eigenvalue weighted by molar-refractivity contribution is 7.87. The summed E-state index contributed by atoms with van der Waals surface area (Å²) in [6.45, 7) is 5.04. The first kappa shape index (κ1) is 19.2. The highest BCUT2D eigenvalue weighted by atomic mass is 32.2. The molecule has 0 spiro atoms. The van der Waals surface area contributed by atoms with Crippen LogP contribution in [0.3, 0.4) is 0 Å². The van der Waals surface area contributed by atoms with Crippen molar-refractivity contribution in [2.45, 2.75) is 38.9 Å². The second-order valence-electron chi connectivity index (χ2n) is 7.02. The molecule has 0 radical (unpaired) electrons. The number of hydrogen-bond donors (Lipinski definition) is 0. The van der Waals surface area contributed by atoms with Crippen LogP contribution >= 0.6 is 0 Å². The Labute approximate surface area is 159 Å². The topological polar surface area (TPSA) is 78.9 Å². The third-order valence-electron chi connectivity index (χ3n) is 4.45. The molecule has 1 unspecified atom stereocenters. The number of ether oxygens (including phenoxy) is 2. The predicted octanol–water partition coefficient (Wildman–Crippen LogP) is 3.20. The maximum Gasteiger partial charge on any atom is 0.309 e. The Morgan fingerprint density at radius 3 is 2.52 bits per heavy atom. The maximum absolute atomic E-state index is 12.3. The van der Waals surface area contributed by atoms with Gasteiger partial charge in [0.15, 0.2) is 0 Å². The van der Waals surface area contributed by atoms with Crippen LogP contribution in [-0.4, -0.2) is 26.4 Å². The van der Waals surface area contributed by atoms with Crippen molar-refractivity contribution in [1.29, 1.82) is 0 Å². The minimum absolute atomic E-state index is 0.121. The van der Waals surface area contributed by atoms with Gasteiger partial charge in [-0.3, -0.25) is 4.79 Å². The molecular formula is C20H22O6S. The molecule has 0 N–H and O–H groups in total. The van der Waals surface area contributed by atoms with Crippen LogP contribution in [0.1, 0.15) is 31.9 Å². The van der Waals surface area contributed by atoms with E-state index in [0.717, 1.165) is 11.1 Å². The van der Waals surface area contributed by atoms with Crippen LogP contribution in [0.4, 0.5) is 0 Å². The van der Waals surface area contributed by atoms with Crippen molar-refractivity contribution in [3.05, 3.63) is 59.7 Å². The lowest BCUT2D eigenvalue weighted by Gasteiger charge is -2.24. The molecule has 1 aliphatic heterocycles. The molecule has 1 heterocycles. The number of rotatable bonds is 6. The summed E-state index contributed by atoms with van der Waals surface area (Å²) in [7, 11) is -3.75. The lowest BCUT2D eigenvalue weighted by Crippen LogP contribution is -2.36. The van der Waals surface area contributed by atoms with Crippen LogP contribution in [0.25, 0.3) is 0 Å². The van der Waals surface area contributed by atoms with Gasteiger partial charge in [-0.2, -0.15) is 8.42 Å². The molecule has 2 aromatic carbocycles. The van der Waals surface area contributed by atoms with Crippen LogP contribution in [0.5, 0.6) is 11.5 Å². The number of hydrogen-bond acceptors (Lipinski definition) is 6. The fraction of sp³-hybridized carbons (Fsp3) is 0.350. The Morgan fingerprint density at radius 1 is 1.15 bits per heavy atom. The van der Waals surface area contributed by atoms with Gasteiger partial charge >= 0.3 is 16.1 Å². The van der Waals surface area contributed by atoms with E-state index in [1.54, 1.807) is 12.1 Å². The van der Waals surface area contributed by atoms with Gasteiger partial charge in [-0.25, -0.2) is 0 Å². The molecule has 0 bridgehead atoms. The number of benzene rings is 2. The monoisotopic (exact) mass is 390 g/mol. The molecule has 6 nitrogen and oxygen atoms in total. The summed E-state index contributed by atoms with van der Waals surface area (Å²) in [6, 6.07) is 14.1. The van der Waals surface area contributed by atoms with E-state index in [1.807, 2.05) is 44.2 Å². The maximum atomic E-state index is 12.3. The first-order valence-electron chi connectivity index (χ1n) is 8.62. The molecule has 0 amide bonds. The quantitative estimate of drug-likeness (QED) is 0.557. The van der Waals surface area contributed by atoms with Crippen molar-refractivity contribution in [3.8, 4) is 11.5 Å². The van der Waals surface area contributed by atoms with E-state index < -0.39 is 27.8 Å². The number of carbonyl (C=O) groups excluding carboxylic acids is 1. The highest BCUT2D eigenvalue weighted by Crippen LogP contribution is 2.44. The summed E-state index contributed by atoms with van der Waals surface area (Å²) < 4.78 is 40.8. The SMILES string of the molecule is CC(=O)OC1Oc2ccc(OS(=O)(=O)CCc3ccccc3)cc2C1(C)C. The third-order valence-corrected chi connectivity index (χ3v) is 5.60. The van der Waals surface area contributed by atoms with Crippen molar-refractivity contribution in [3.63, 3.8) is 0 Å². The molecule has 144 valence electrons. The summed E-state index contributed by atoms with van der Waals surface area (Å²) in [5.41, 5.74) is 1.02. The van der Waals surface area contributed by atoms with Crippen molar-refractivity contribution in [2.24, 2.45) is 0 Å². The van der Waals surface area contributed by atoms with Crippen LogP contribution in [0.2, 0.25) is 0 Å². The summed E-state index contributed by atoms with van der Waals surface area (Å²) in [5, 5.41) is 0. The van der Waals surface area contributed by atoms with Crippen LogP contribution in [-0.2, 0) is 31.5 Å². The Hall–Kier alpha value is -2.54. The highest BCUT2D eigenvalue weighted by Gasteiger charge is 2.44. The van der Waals surface area contributed by atoms with Crippen molar-refractivity contribution >= 4 is 16.1 Å². The molecule has 2 aromatic rings. The standard InChI is InChI=1S/C20H22O6S/c1-14(21)24-19-20(2,3)17-13-16(9-10-18(17)25-19)26-27(22,23)12-11-15-7-5-4-6-8-15/h4-10,13,19H,11-12H2,1-3H3. The predicted molar refractivity (Wildman–Crippen MR) is 100 cm³/mol. The first-order valence-corrected chi connectivity index (χ1v) is 10.2. The van der Waals surface area contributed by atoms with Crippen LogP contribution in [0, 0.1) is 0 Å². The largest absolute Gasteiger partial charge is 0.454 e. The van der Waals surface area contributed by atoms with Crippen molar-refractivity contribution < 1.29 is 26.9 Å². The smallest absolute Gasteiger partial charge is 0.309 e. The summed E-state index contributed by atoms with van der Waals surface area (Å²) in [4.78, 5) is 11.3. The summed E-state index contributed by atoms with van der Waals surface area (Å²) >= 11 is 0. The van der Waals surface area contributed by atoms with Gasteiger partial charge in [0.05, 0.1) is 11.2 Å². The molecule has 0 aliphatic carbocycles. The van der Waals surface area contributed by atoms with Crippen molar-refractivity contribution in [1.82, 2.24) is 0 Å². The molecule has 0 saturated carbocycles. The lowest BCUT2D eigenvalue weighted by atomic mass is 9.85. The average molecular weight is 390 g/mol. The minimum Gasteiger partial charge on any atom is -0.454 e. The average Bonchev–Trinajstić information content (AvgIpc) is 2.84. The van der Waals surface area contributed by atoms with E-state index in [1.165, 1.54) is 13.0 Å². The van der Waals surface area contributed by atoms with Gasteiger partial charge in [0.1, 0.15) is 11.5 Å². The second-order valence-corrected chi connectivity index (χ2v) is 8.71. The van der Waals surface area contributed by atoms with E-state index >= 15 is 0 Å². The number of fused-ring (bicyclic) bond motifs is 1. The van der Waals surface area contributed by atoms with Crippen LogP contribution in [0.15, 0.2) is 48.5 Å². The van der Waals surface area contributed by atoms with Gasteiger partial charge in [0.25, 0.3) is 6.29 Å². The molecule has 0 saturated heterocycles. The molecule has 1 aliphatic rings. The van der Waals surface area contributed by atoms with Gasteiger partial charge in [-0.05, 0) is 44.0 Å². The van der Waals surface area contributed by atoms with Gasteiger partial charge in [-0.15, -0.1) is 0 Å². The van der Waals surface area contributed by atoms with Gasteiger partial charge in [-0.1, -0.05) is 30.3 Å². The number of carbonyl (C=O) groups is 1. The molecule has 27 heavy (non-hydrogen) atoms. The number of aryl methyl sites for hydroxylation is 1. The number of esters is 1. The van der Waals surface area contributed by atoms with Gasteiger partial charge in [0, 0.05) is 12.5 Å². The van der Waals surface area contributed by atoms with Crippen LogP contribution < -0.4 is 8.92 Å². The zero-order chi connectivity index (χ0) is 19.7. The van der Waals surface area contributed by atoms with Gasteiger partial charge < -0.3 is 13.7 Å².